The number of carboxylic acids is 1. The quantitative estimate of drug-likeness (QED) is 0.358. The highest BCUT2D eigenvalue weighted by atomic mass is 16.4. The van der Waals surface area contributed by atoms with E-state index in [1.807, 2.05) is 18.2 Å². The normalized spacial score (nSPS) is 27.1. The first-order valence-corrected chi connectivity index (χ1v) is 12.6. The first-order valence-electron chi connectivity index (χ1n) is 12.6. The van der Waals surface area contributed by atoms with E-state index in [0.717, 1.165) is 11.1 Å². The predicted molar refractivity (Wildman–Crippen MR) is 132 cm³/mol. The van der Waals surface area contributed by atoms with Gasteiger partial charge in [0.25, 0.3) is 0 Å². The summed E-state index contributed by atoms with van der Waals surface area (Å²) in [6.45, 7) is 5.23. The lowest BCUT2D eigenvalue weighted by atomic mass is 9.59. The van der Waals surface area contributed by atoms with Crippen LogP contribution in [0.3, 0.4) is 0 Å². The second-order valence-corrected chi connectivity index (χ2v) is 10.6. The first-order chi connectivity index (χ1) is 17.5. The fraction of sp³-hybridized carbons (Fsp3) is 0.414. The Balaban J connectivity index is 1.60. The Hall–Kier alpha value is -3.81. The summed E-state index contributed by atoms with van der Waals surface area (Å²) in [7, 11) is 0. The molecular formula is C29H29NO7. The van der Waals surface area contributed by atoms with Crippen LogP contribution in [0.1, 0.15) is 55.2 Å². The Bertz CT molecular complexity index is 1360. The van der Waals surface area contributed by atoms with Crippen molar-refractivity contribution >= 4 is 29.4 Å². The van der Waals surface area contributed by atoms with Crippen molar-refractivity contribution < 1.29 is 34.2 Å². The number of carbonyl (C=O) groups excluding carboxylic acids is 4. The molecule has 37 heavy (non-hydrogen) atoms. The second kappa shape index (κ2) is 8.94. The highest BCUT2D eigenvalue weighted by Crippen LogP contribution is 2.55. The molecule has 1 aliphatic heterocycles. The lowest BCUT2D eigenvalue weighted by molar-refractivity contribution is -0.142. The standard InChI is InChI=1S/C29H29NO7/c1-13-9-16(10-14(2)26(13)34)23-17-6-7-18-24(29(37)30(28(18)36)8-4-5-22(32)33)19(17)12-20-21(31)11-15(3)27(35)25(20)23/h6,9-11,18-19,23-24,34H,4-5,7-8,12H2,1-3H3,(H,32,33). The number of aromatic hydroxyl groups is 1. The first kappa shape index (κ1) is 24.9. The number of ketones is 2. The molecule has 2 N–H and O–H groups in total. The number of allylic oxidation sites excluding steroid dienone is 6. The summed E-state index contributed by atoms with van der Waals surface area (Å²) in [6, 6.07) is 3.64. The highest BCUT2D eigenvalue weighted by Gasteiger charge is 2.56. The number of benzene rings is 1. The van der Waals surface area contributed by atoms with Gasteiger partial charge in [0.05, 0.1) is 11.8 Å². The van der Waals surface area contributed by atoms with Crippen molar-refractivity contribution in [1.29, 1.82) is 0 Å². The molecule has 8 nitrogen and oxygen atoms in total. The molecule has 0 bridgehead atoms. The maximum absolute atomic E-state index is 13.6. The number of hydrogen-bond acceptors (Lipinski definition) is 6. The third-order valence-corrected chi connectivity index (χ3v) is 8.28. The van der Waals surface area contributed by atoms with Gasteiger partial charge in [-0.1, -0.05) is 23.8 Å². The molecule has 192 valence electrons. The van der Waals surface area contributed by atoms with Gasteiger partial charge in [-0.2, -0.15) is 0 Å². The summed E-state index contributed by atoms with van der Waals surface area (Å²) in [5.74, 6) is -4.13. The number of aliphatic carboxylic acids is 1. The van der Waals surface area contributed by atoms with Gasteiger partial charge in [-0.05, 0) is 68.7 Å². The molecular weight excluding hydrogens is 474 g/mol. The van der Waals surface area contributed by atoms with Gasteiger partial charge in [-0.25, -0.2) is 0 Å². The number of carbonyl (C=O) groups is 5. The van der Waals surface area contributed by atoms with E-state index in [1.165, 1.54) is 11.0 Å². The molecule has 8 heteroatoms. The van der Waals surface area contributed by atoms with Crippen LogP contribution in [0.15, 0.2) is 46.6 Å². The lowest BCUT2D eigenvalue weighted by Crippen LogP contribution is -2.40. The van der Waals surface area contributed by atoms with Crippen molar-refractivity contribution in [3.8, 4) is 5.75 Å². The molecule has 3 aliphatic carbocycles. The number of hydrogen-bond donors (Lipinski definition) is 2. The van der Waals surface area contributed by atoms with Crippen LogP contribution in [-0.4, -0.2) is 51.0 Å². The van der Waals surface area contributed by atoms with E-state index in [1.54, 1.807) is 20.8 Å². The molecule has 2 amide bonds. The Kier molecular flexibility index (Phi) is 6.01. The summed E-state index contributed by atoms with van der Waals surface area (Å²) in [5.41, 5.74) is 4.08. The molecule has 0 spiro atoms. The van der Waals surface area contributed by atoms with Crippen molar-refractivity contribution in [3.63, 3.8) is 0 Å². The van der Waals surface area contributed by atoms with Gasteiger partial charge in [-0.3, -0.25) is 28.9 Å². The molecule has 4 atom stereocenters. The fourth-order valence-corrected chi connectivity index (χ4v) is 6.57. The van der Waals surface area contributed by atoms with E-state index in [4.69, 9.17) is 5.11 Å². The van der Waals surface area contributed by atoms with Crippen LogP contribution < -0.4 is 0 Å². The monoisotopic (exact) mass is 503 g/mol. The number of fused-ring (bicyclic) bond motifs is 3. The van der Waals surface area contributed by atoms with E-state index >= 15 is 0 Å². The summed E-state index contributed by atoms with van der Waals surface area (Å²) in [4.78, 5) is 65.5. The third kappa shape index (κ3) is 3.86. The van der Waals surface area contributed by atoms with Gasteiger partial charge in [0, 0.05) is 35.6 Å². The molecule has 1 fully saturated rings. The zero-order valence-electron chi connectivity index (χ0n) is 21.0. The van der Waals surface area contributed by atoms with E-state index in [2.05, 4.69) is 0 Å². The van der Waals surface area contributed by atoms with Gasteiger partial charge in [-0.15, -0.1) is 0 Å². The maximum Gasteiger partial charge on any atom is 0.303 e. The predicted octanol–water partition coefficient (Wildman–Crippen LogP) is 3.30. The van der Waals surface area contributed by atoms with Gasteiger partial charge < -0.3 is 10.2 Å². The van der Waals surface area contributed by atoms with Crippen molar-refractivity contribution in [2.75, 3.05) is 6.54 Å². The topological polar surface area (TPSA) is 129 Å². The van der Waals surface area contributed by atoms with Crippen molar-refractivity contribution in [1.82, 2.24) is 4.90 Å². The summed E-state index contributed by atoms with van der Waals surface area (Å²) >= 11 is 0. The van der Waals surface area contributed by atoms with Crippen LogP contribution in [0, 0.1) is 31.6 Å². The second-order valence-electron chi connectivity index (χ2n) is 10.6. The minimum atomic E-state index is -0.988. The van der Waals surface area contributed by atoms with E-state index in [0.29, 0.717) is 34.3 Å². The fourth-order valence-electron chi connectivity index (χ4n) is 6.57. The average Bonchev–Trinajstić information content (AvgIpc) is 3.09. The minimum absolute atomic E-state index is 0.0477. The van der Waals surface area contributed by atoms with Crippen molar-refractivity contribution in [3.05, 3.63) is 63.3 Å². The zero-order chi connectivity index (χ0) is 26.8. The molecule has 0 radical (unpaired) electrons. The molecule has 4 unspecified atom stereocenters. The smallest absolute Gasteiger partial charge is 0.303 e. The largest absolute Gasteiger partial charge is 0.507 e. The third-order valence-electron chi connectivity index (χ3n) is 8.28. The highest BCUT2D eigenvalue weighted by molar-refractivity contribution is 6.23. The summed E-state index contributed by atoms with van der Waals surface area (Å²) < 4.78 is 0. The van der Waals surface area contributed by atoms with Gasteiger partial charge in [0.1, 0.15) is 5.75 Å². The lowest BCUT2D eigenvalue weighted by Gasteiger charge is -2.42. The minimum Gasteiger partial charge on any atom is -0.507 e. The van der Waals surface area contributed by atoms with Gasteiger partial charge in [0.2, 0.25) is 11.8 Å². The molecule has 1 aromatic carbocycles. The van der Waals surface area contributed by atoms with Crippen LogP contribution in [0.2, 0.25) is 0 Å². The molecule has 1 saturated heterocycles. The number of phenols is 1. The Labute approximate surface area is 214 Å². The van der Waals surface area contributed by atoms with Crippen LogP contribution in [0.4, 0.5) is 0 Å². The van der Waals surface area contributed by atoms with Crippen molar-refractivity contribution in [2.45, 2.75) is 52.4 Å². The Morgan fingerprint density at radius 1 is 1.03 bits per heavy atom. The number of aryl methyl sites for hydroxylation is 2. The Morgan fingerprint density at radius 3 is 2.35 bits per heavy atom. The average molecular weight is 504 g/mol. The molecule has 0 aromatic heterocycles. The number of carboxylic acid groups (broad SMARTS) is 1. The Morgan fingerprint density at radius 2 is 1.70 bits per heavy atom. The number of likely N-dealkylation sites (tertiary alicyclic amines) is 1. The molecule has 5 rings (SSSR count). The van der Waals surface area contributed by atoms with Gasteiger partial charge >= 0.3 is 5.97 Å². The summed E-state index contributed by atoms with van der Waals surface area (Å²) in [6.07, 6.45) is 3.88. The number of phenolic OH excluding ortho intramolecular Hbond substituents is 1. The van der Waals surface area contributed by atoms with Crippen molar-refractivity contribution in [2.24, 2.45) is 17.8 Å². The van der Waals surface area contributed by atoms with E-state index in [9.17, 15) is 29.1 Å². The molecule has 1 aromatic rings. The summed E-state index contributed by atoms with van der Waals surface area (Å²) in [5, 5.41) is 19.3. The van der Waals surface area contributed by atoms with Gasteiger partial charge in [0.15, 0.2) is 11.6 Å². The van der Waals surface area contributed by atoms with Crippen LogP contribution in [0.25, 0.3) is 0 Å². The van der Waals surface area contributed by atoms with Crippen LogP contribution in [-0.2, 0) is 24.0 Å². The molecule has 0 saturated carbocycles. The van der Waals surface area contributed by atoms with E-state index < -0.39 is 29.6 Å². The number of rotatable bonds is 5. The maximum atomic E-state index is 13.6. The number of nitrogens with zero attached hydrogens (tertiary/aromatic N) is 1. The molecule has 4 aliphatic rings. The zero-order valence-corrected chi connectivity index (χ0v) is 21.0. The SMILES string of the molecule is CC1=CC(=O)C2=C(C1=O)C(c1cc(C)c(O)c(C)c1)C1=CCC3C(=O)N(CCCC(=O)O)C(=O)C3C1C2. The number of Topliss-reactive ketones (excluding diaryl/α,β-unsaturated/α-hetero) is 1. The number of amides is 2. The van der Waals surface area contributed by atoms with E-state index in [-0.39, 0.29) is 54.9 Å². The van der Waals surface area contributed by atoms with Crippen LogP contribution >= 0.6 is 0 Å². The molecule has 1 heterocycles. The van der Waals surface area contributed by atoms with Crippen LogP contribution in [0.5, 0.6) is 5.75 Å². The number of imide groups is 1.